The minimum Gasteiger partial charge on any atom is -0.457 e. The molecule has 1 N–H and O–H groups in total. The van der Waals surface area contributed by atoms with Gasteiger partial charge >= 0.3 is 5.97 Å². The molecular formula is C23H21NO4. The SMILES string of the molecule is O=C(COC(=O)c1ccc(Oc2ccccc2)cc1)NCCc1ccccc1. The third-order valence-corrected chi connectivity index (χ3v) is 3.98. The van der Waals surface area contributed by atoms with Crippen LogP contribution in [0.15, 0.2) is 84.9 Å². The molecule has 3 aromatic rings. The predicted molar refractivity (Wildman–Crippen MR) is 106 cm³/mol. The molecule has 0 unspecified atom stereocenters. The summed E-state index contributed by atoms with van der Waals surface area (Å²) in [5.41, 5.74) is 1.50. The molecule has 1 amide bonds. The van der Waals surface area contributed by atoms with Crippen molar-refractivity contribution >= 4 is 11.9 Å². The lowest BCUT2D eigenvalue weighted by atomic mass is 10.1. The zero-order valence-electron chi connectivity index (χ0n) is 15.3. The van der Waals surface area contributed by atoms with E-state index in [2.05, 4.69) is 5.32 Å². The van der Waals surface area contributed by atoms with Crippen molar-refractivity contribution in [2.24, 2.45) is 0 Å². The van der Waals surface area contributed by atoms with E-state index in [1.807, 2.05) is 60.7 Å². The van der Waals surface area contributed by atoms with Crippen LogP contribution in [0.25, 0.3) is 0 Å². The second-order valence-corrected chi connectivity index (χ2v) is 6.10. The van der Waals surface area contributed by atoms with Gasteiger partial charge in [-0.05, 0) is 48.4 Å². The van der Waals surface area contributed by atoms with E-state index in [9.17, 15) is 9.59 Å². The number of benzene rings is 3. The van der Waals surface area contributed by atoms with Crippen LogP contribution in [-0.2, 0) is 16.0 Å². The van der Waals surface area contributed by atoms with Gasteiger partial charge in [0.15, 0.2) is 6.61 Å². The number of ether oxygens (including phenoxy) is 2. The number of hydrogen-bond donors (Lipinski definition) is 1. The van der Waals surface area contributed by atoms with Crippen LogP contribution in [0.3, 0.4) is 0 Å². The Hall–Kier alpha value is -3.60. The lowest BCUT2D eigenvalue weighted by Gasteiger charge is -2.08. The van der Waals surface area contributed by atoms with Gasteiger partial charge in [-0.3, -0.25) is 4.79 Å². The maximum Gasteiger partial charge on any atom is 0.338 e. The molecule has 3 rings (SSSR count). The number of carbonyl (C=O) groups excluding carboxylic acids is 2. The summed E-state index contributed by atoms with van der Waals surface area (Å²) in [4.78, 5) is 23.9. The van der Waals surface area contributed by atoms with Crippen LogP contribution >= 0.6 is 0 Å². The van der Waals surface area contributed by atoms with Crippen molar-refractivity contribution in [2.75, 3.05) is 13.2 Å². The lowest BCUT2D eigenvalue weighted by Crippen LogP contribution is -2.30. The van der Waals surface area contributed by atoms with Gasteiger partial charge in [0.2, 0.25) is 0 Å². The minimum atomic E-state index is -0.551. The summed E-state index contributed by atoms with van der Waals surface area (Å²) in [5, 5.41) is 2.74. The monoisotopic (exact) mass is 375 g/mol. The van der Waals surface area contributed by atoms with Crippen LogP contribution in [0.5, 0.6) is 11.5 Å². The molecule has 5 nitrogen and oxygen atoms in total. The molecule has 0 saturated heterocycles. The van der Waals surface area contributed by atoms with Gasteiger partial charge in [0, 0.05) is 6.54 Å². The van der Waals surface area contributed by atoms with Crippen molar-refractivity contribution in [1.29, 1.82) is 0 Å². The van der Waals surface area contributed by atoms with Crippen LogP contribution in [0.1, 0.15) is 15.9 Å². The molecule has 0 heterocycles. The Labute approximate surface area is 163 Å². The Balaban J connectivity index is 1.41. The van der Waals surface area contributed by atoms with E-state index in [4.69, 9.17) is 9.47 Å². The average Bonchev–Trinajstić information content (AvgIpc) is 2.74. The summed E-state index contributed by atoms with van der Waals surface area (Å²) in [5.74, 6) is 0.448. The molecule has 0 radical (unpaired) electrons. The van der Waals surface area contributed by atoms with Gasteiger partial charge in [0.1, 0.15) is 11.5 Å². The molecule has 28 heavy (non-hydrogen) atoms. The number of nitrogens with one attached hydrogen (secondary N) is 1. The van der Waals surface area contributed by atoms with Crippen molar-refractivity contribution in [3.63, 3.8) is 0 Å². The first kappa shape index (κ1) is 19.2. The van der Waals surface area contributed by atoms with Gasteiger partial charge in [0.25, 0.3) is 5.91 Å². The molecule has 0 spiro atoms. The fourth-order valence-electron chi connectivity index (χ4n) is 2.54. The molecule has 0 aliphatic rings. The number of esters is 1. The van der Waals surface area contributed by atoms with Gasteiger partial charge in [-0.25, -0.2) is 4.79 Å². The maximum atomic E-state index is 12.1. The normalized spacial score (nSPS) is 10.1. The minimum absolute atomic E-state index is 0.310. The first-order chi connectivity index (χ1) is 13.7. The van der Waals surface area contributed by atoms with Crippen molar-refractivity contribution in [1.82, 2.24) is 5.32 Å². The zero-order chi connectivity index (χ0) is 19.6. The van der Waals surface area contributed by atoms with Crippen LogP contribution < -0.4 is 10.1 Å². The Kier molecular flexibility index (Phi) is 6.79. The number of carbonyl (C=O) groups is 2. The smallest absolute Gasteiger partial charge is 0.338 e. The Morgan fingerprint density at radius 2 is 1.36 bits per heavy atom. The van der Waals surface area contributed by atoms with E-state index in [0.29, 0.717) is 23.6 Å². The first-order valence-corrected chi connectivity index (χ1v) is 9.01. The molecule has 0 aliphatic carbocycles. The first-order valence-electron chi connectivity index (χ1n) is 9.01. The van der Waals surface area contributed by atoms with Crippen molar-refractivity contribution in [2.45, 2.75) is 6.42 Å². The van der Waals surface area contributed by atoms with E-state index >= 15 is 0 Å². The highest BCUT2D eigenvalue weighted by Crippen LogP contribution is 2.21. The van der Waals surface area contributed by atoms with Crippen LogP contribution in [0.4, 0.5) is 0 Å². The quantitative estimate of drug-likeness (QED) is 0.605. The zero-order valence-corrected chi connectivity index (χ0v) is 15.3. The van der Waals surface area contributed by atoms with E-state index in [1.165, 1.54) is 0 Å². The Bertz CT molecular complexity index is 893. The topological polar surface area (TPSA) is 64.6 Å². The highest BCUT2D eigenvalue weighted by molar-refractivity contribution is 5.91. The summed E-state index contributed by atoms with van der Waals surface area (Å²) >= 11 is 0. The standard InChI is InChI=1S/C23H21NO4/c25-22(24-16-15-18-7-3-1-4-8-18)17-27-23(26)19-11-13-21(14-12-19)28-20-9-5-2-6-10-20/h1-14H,15-17H2,(H,24,25). The van der Waals surface area contributed by atoms with Gasteiger partial charge in [0.05, 0.1) is 5.56 Å². The summed E-state index contributed by atoms with van der Waals surface area (Å²) in [6.07, 6.45) is 0.726. The summed E-state index contributed by atoms with van der Waals surface area (Å²) in [6, 6.07) is 25.8. The molecule has 0 aromatic heterocycles. The summed E-state index contributed by atoms with van der Waals surface area (Å²) in [7, 11) is 0. The van der Waals surface area contributed by atoms with E-state index in [0.717, 1.165) is 12.0 Å². The highest BCUT2D eigenvalue weighted by Gasteiger charge is 2.10. The fourth-order valence-corrected chi connectivity index (χ4v) is 2.54. The highest BCUT2D eigenvalue weighted by atomic mass is 16.5. The number of para-hydroxylation sites is 1. The van der Waals surface area contributed by atoms with E-state index in [-0.39, 0.29) is 12.5 Å². The predicted octanol–water partition coefficient (Wildman–Crippen LogP) is 3.99. The van der Waals surface area contributed by atoms with Crippen molar-refractivity contribution < 1.29 is 19.1 Å². The third-order valence-electron chi connectivity index (χ3n) is 3.98. The molecule has 0 fully saturated rings. The lowest BCUT2D eigenvalue weighted by molar-refractivity contribution is -0.124. The number of hydrogen-bond acceptors (Lipinski definition) is 4. The second-order valence-electron chi connectivity index (χ2n) is 6.10. The molecule has 0 atom stereocenters. The largest absolute Gasteiger partial charge is 0.457 e. The molecule has 3 aromatic carbocycles. The Morgan fingerprint density at radius 3 is 2.04 bits per heavy atom. The van der Waals surface area contributed by atoms with Crippen LogP contribution in [0.2, 0.25) is 0 Å². The van der Waals surface area contributed by atoms with Gasteiger partial charge in [-0.2, -0.15) is 0 Å². The second kappa shape index (κ2) is 9.92. The van der Waals surface area contributed by atoms with Crippen LogP contribution in [-0.4, -0.2) is 25.0 Å². The van der Waals surface area contributed by atoms with Crippen molar-refractivity contribution in [3.8, 4) is 11.5 Å². The average molecular weight is 375 g/mol. The summed E-state index contributed by atoms with van der Waals surface area (Å²) < 4.78 is 10.7. The maximum absolute atomic E-state index is 12.1. The molecular weight excluding hydrogens is 354 g/mol. The molecule has 0 aliphatic heterocycles. The van der Waals surface area contributed by atoms with Crippen LogP contribution in [0, 0.1) is 0 Å². The summed E-state index contributed by atoms with van der Waals surface area (Å²) in [6.45, 7) is 0.182. The molecule has 5 heteroatoms. The van der Waals surface area contributed by atoms with Gasteiger partial charge in [-0.1, -0.05) is 48.5 Å². The molecule has 0 saturated carbocycles. The van der Waals surface area contributed by atoms with Gasteiger partial charge in [-0.15, -0.1) is 0 Å². The number of amides is 1. The van der Waals surface area contributed by atoms with Crippen molar-refractivity contribution in [3.05, 3.63) is 96.1 Å². The van der Waals surface area contributed by atoms with E-state index in [1.54, 1.807) is 24.3 Å². The van der Waals surface area contributed by atoms with Gasteiger partial charge < -0.3 is 14.8 Å². The number of rotatable bonds is 8. The van der Waals surface area contributed by atoms with E-state index < -0.39 is 5.97 Å². The Morgan fingerprint density at radius 1 is 0.750 bits per heavy atom. The fraction of sp³-hybridized carbons (Fsp3) is 0.130. The molecule has 0 bridgehead atoms. The molecule has 142 valence electrons. The third kappa shape index (κ3) is 5.99.